The number of nitrogens with one attached hydrogen (secondary N) is 1. The first-order chi connectivity index (χ1) is 6.42. The van der Waals surface area contributed by atoms with Gasteiger partial charge in [-0.25, -0.2) is 0 Å². The van der Waals surface area contributed by atoms with Crippen LogP contribution in [-0.2, 0) is 4.79 Å². The molecule has 2 heteroatoms. The van der Waals surface area contributed by atoms with Gasteiger partial charge in [-0.05, 0) is 32.4 Å². The van der Waals surface area contributed by atoms with Crippen molar-refractivity contribution < 1.29 is 4.79 Å². The van der Waals surface area contributed by atoms with Crippen molar-refractivity contribution >= 4 is 5.78 Å². The van der Waals surface area contributed by atoms with Crippen LogP contribution in [0, 0.1) is 10.8 Å². The zero-order chi connectivity index (χ0) is 10.8. The van der Waals surface area contributed by atoms with Crippen LogP contribution in [0.1, 0.15) is 47.0 Å². The van der Waals surface area contributed by atoms with Crippen LogP contribution in [0.25, 0.3) is 0 Å². The number of carbonyl (C=O) groups is 1. The molecule has 1 N–H and O–H groups in total. The summed E-state index contributed by atoms with van der Waals surface area (Å²) >= 11 is 0. The number of hydrogen-bond acceptors (Lipinski definition) is 2. The van der Waals surface area contributed by atoms with Crippen molar-refractivity contribution in [1.29, 1.82) is 0 Å². The van der Waals surface area contributed by atoms with Crippen LogP contribution in [0.5, 0.6) is 0 Å². The SMILES string of the molecule is CCC1(C(=O)C(C)(C)C)CCNCC1. The van der Waals surface area contributed by atoms with Gasteiger partial charge in [0.2, 0.25) is 0 Å². The summed E-state index contributed by atoms with van der Waals surface area (Å²) in [5.41, 5.74) is -0.225. The van der Waals surface area contributed by atoms with Gasteiger partial charge in [-0.3, -0.25) is 4.79 Å². The molecule has 0 amide bonds. The summed E-state index contributed by atoms with van der Waals surface area (Å²) in [6.45, 7) is 10.2. The molecule has 82 valence electrons. The van der Waals surface area contributed by atoms with E-state index < -0.39 is 0 Å². The van der Waals surface area contributed by atoms with Crippen molar-refractivity contribution in [3.05, 3.63) is 0 Å². The lowest BCUT2D eigenvalue weighted by Gasteiger charge is -2.39. The third-order valence-electron chi connectivity index (χ3n) is 3.40. The molecule has 0 saturated carbocycles. The molecule has 0 spiro atoms. The predicted octanol–water partition coefficient (Wildman–Crippen LogP) is 2.38. The minimum Gasteiger partial charge on any atom is -0.317 e. The lowest BCUT2D eigenvalue weighted by Crippen LogP contribution is -2.46. The number of carbonyl (C=O) groups excluding carboxylic acids is 1. The van der Waals surface area contributed by atoms with Crippen LogP contribution >= 0.6 is 0 Å². The number of rotatable bonds is 2. The number of ketones is 1. The second-order valence-electron chi connectivity index (χ2n) is 5.46. The van der Waals surface area contributed by atoms with E-state index in [-0.39, 0.29) is 10.8 Å². The minimum absolute atomic E-state index is 0.0382. The van der Waals surface area contributed by atoms with Gasteiger partial charge in [0.1, 0.15) is 5.78 Å². The molecule has 0 aromatic heterocycles. The topological polar surface area (TPSA) is 29.1 Å². The highest BCUT2D eigenvalue weighted by Gasteiger charge is 2.42. The maximum atomic E-state index is 12.3. The van der Waals surface area contributed by atoms with Crippen molar-refractivity contribution in [2.45, 2.75) is 47.0 Å². The highest BCUT2D eigenvalue weighted by atomic mass is 16.1. The fourth-order valence-electron chi connectivity index (χ4n) is 2.44. The van der Waals surface area contributed by atoms with Gasteiger partial charge in [-0.15, -0.1) is 0 Å². The zero-order valence-electron chi connectivity index (χ0n) is 9.94. The molecule has 1 saturated heterocycles. The van der Waals surface area contributed by atoms with Crippen molar-refractivity contribution in [2.75, 3.05) is 13.1 Å². The molecule has 2 nitrogen and oxygen atoms in total. The first-order valence-electron chi connectivity index (χ1n) is 5.68. The van der Waals surface area contributed by atoms with Crippen molar-refractivity contribution in [1.82, 2.24) is 5.32 Å². The van der Waals surface area contributed by atoms with Gasteiger partial charge in [0.05, 0.1) is 0 Å². The average molecular weight is 197 g/mol. The van der Waals surface area contributed by atoms with E-state index in [1.807, 2.05) is 20.8 Å². The van der Waals surface area contributed by atoms with E-state index in [2.05, 4.69) is 12.2 Å². The lowest BCUT2D eigenvalue weighted by molar-refractivity contribution is -0.138. The molecule has 1 aliphatic heterocycles. The Morgan fingerprint density at radius 2 is 1.79 bits per heavy atom. The standard InChI is InChI=1S/C12H23NO/c1-5-12(6-8-13-9-7-12)10(14)11(2,3)4/h13H,5-9H2,1-4H3. The lowest BCUT2D eigenvalue weighted by atomic mass is 9.66. The zero-order valence-corrected chi connectivity index (χ0v) is 9.94. The molecular formula is C12H23NO. The molecule has 1 rings (SSSR count). The van der Waals surface area contributed by atoms with E-state index >= 15 is 0 Å². The first kappa shape index (κ1) is 11.7. The second kappa shape index (κ2) is 4.01. The number of hydrogen-bond donors (Lipinski definition) is 1. The molecule has 0 aromatic rings. The van der Waals surface area contributed by atoms with Crippen molar-refractivity contribution in [3.63, 3.8) is 0 Å². The van der Waals surface area contributed by atoms with E-state index in [9.17, 15) is 4.79 Å². The molecule has 14 heavy (non-hydrogen) atoms. The Morgan fingerprint density at radius 3 is 2.14 bits per heavy atom. The highest BCUT2D eigenvalue weighted by Crippen LogP contribution is 2.39. The van der Waals surface area contributed by atoms with E-state index in [1.54, 1.807) is 0 Å². The molecule has 0 aromatic carbocycles. The van der Waals surface area contributed by atoms with Gasteiger partial charge in [0.15, 0.2) is 0 Å². The summed E-state index contributed by atoms with van der Waals surface area (Å²) in [6, 6.07) is 0. The van der Waals surface area contributed by atoms with E-state index in [1.165, 1.54) is 0 Å². The Hall–Kier alpha value is -0.370. The predicted molar refractivity (Wildman–Crippen MR) is 59.3 cm³/mol. The average Bonchev–Trinajstić information content (AvgIpc) is 2.16. The van der Waals surface area contributed by atoms with E-state index in [0.717, 1.165) is 32.4 Å². The maximum absolute atomic E-state index is 12.3. The Kier molecular flexibility index (Phi) is 3.36. The molecule has 1 heterocycles. The fourth-order valence-corrected chi connectivity index (χ4v) is 2.44. The van der Waals surface area contributed by atoms with Crippen molar-refractivity contribution in [3.8, 4) is 0 Å². The second-order valence-corrected chi connectivity index (χ2v) is 5.46. The fraction of sp³-hybridized carbons (Fsp3) is 0.917. The van der Waals surface area contributed by atoms with Gasteiger partial charge in [-0.1, -0.05) is 27.7 Å². The number of Topliss-reactive ketones (excluding diaryl/α,β-unsaturated/α-hetero) is 1. The summed E-state index contributed by atoms with van der Waals surface area (Å²) in [5.74, 6) is 0.453. The Balaban J connectivity index is 2.83. The molecule has 1 aliphatic rings. The largest absolute Gasteiger partial charge is 0.317 e. The molecule has 0 aliphatic carbocycles. The summed E-state index contributed by atoms with van der Waals surface area (Å²) in [4.78, 5) is 12.3. The number of piperidine rings is 1. The molecular weight excluding hydrogens is 174 g/mol. The van der Waals surface area contributed by atoms with Crippen LogP contribution < -0.4 is 5.32 Å². The third-order valence-corrected chi connectivity index (χ3v) is 3.40. The summed E-state index contributed by atoms with van der Waals surface area (Å²) in [5, 5.41) is 3.33. The van der Waals surface area contributed by atoms with Gasteiger partial charge in [0.25, 0.3) is 0 Å². The van der Waals surface area contributed by atoms with E-state index in [0.29, 0.717) is 5.78 Å². The quantitative estimate of drug-likeness (QED) is 0.736. The third kappa shape index (κ3) is 2.17. The normalized spacial score (nSPS) is 22.0. The summed E-state index contributed by atoms with van der Waals surface area (Å²) in [7, 11) is 0. The Morgan fingerprint density at radius 1 is 1.29 bits per heavy atom. The molecule has 0 radical (unpaired) electrons. The van der Waals surface area contributed by atoms with Crippen LogP contribution in [0.4, 0.5) is 0 Å². The Bertz CT molecular complexity index is 209. The van der Waals surface area contributed by atoms with Crippen molar-refractivity contribution in [2.24, 2.45) is 10.8 Å². The monoisotopic (exact) mass is 197 g/mol. The van der Waals surface area contributed by atoms with E-state index in [4.69, 9.17) is 0 Å². The summed E-state index contributed by atoms with van der Waals surface area (Å²) < 4.78 is 0. The van der Waals surface area contributed by atoms with Crippen LogP contribution in [-0.4, -0.2) is 18.9 Å². The minimum atomic E-state index is -0.187. The van der Waals surface area contributed by atoms with Crippen LogP contribution in [0.2, 0.25) is 0 Å². The maximum Gasteiger partial charge on any atom is 0.144 e. The smallest absolute Gasteiger partial charge is 0.144 e. The molecule has 0 unspecified atom stereocenters. The van der Waals surface area contributed by atoms with Gasteiger partial charge in [0, 0.05) is 10.8 Å². The molecule has 1 fully saturated rings. The van der Waals surface area contributed by atoms with Crippen LogP contribution in [0.15, 0.2) is 0 Å². The Labute approximate surface area is 87.5 Å². The van der Waals surface area contributed by atoms with Gasteiger partial charge >= 0.3 is 0 Å². The molecule has 0 bridgehead atoms. The van der Waals surface area contributed by atoms with Crippen LogP contribution in [0.3, 0.4) is 0 Å². The highest BCUT2D eigenvalue weighted by molar-refractivity contribution is 5.89. The summed E-state index contributed by atoms with van der Waals surface area (Å²) in [6.07, 6.45) is 3.02. The van der Waals surface area contributed by atoms with Gasteiger partial charge in [-0.2, -0.15) is 0 Å². The molecule has 0 atom stereocenters. The first-order valence-corrected chi connectivity index (χ1v) is 5.68. The van der Waals surface area contributed by atoms with Gasteiger partial charge < -0.3 is 5.32 Å².